The fourth-order valence-electron chi connectivity index (χ4n) is 2.11. The summed E-state index contributed by atoms with van der Waals surface area (Å²) >= 11 is 0. The molecule has 0 spiro atoms. The molecule has 1 aliphatic rings. The number of rotatable bonds is 5. The highest BCUT2D eigenvalue weighted by atomic mass is 19.1. The van der Waals surface area contributed by atoms with E-state index in [0.717, 1.165) is 6.92 Å². The summed E-state index contributed by atoms with van der Waals surface area (Å²) < 4.78 is 18.8. The molecule has 0 unspecified atom stereocenters. The standard InChI is InChI=1S/C11H18FNO8/c1-4(15)13-8-5(16)2-11(20,10(18)19)21-9(8)7(12)6(17)3-14/h5-9,14,16-17,20H,2-3H2,1H3,(H,13,15)(H,18,19)/t5-,6+,7-,8-,9+,11-/m1/s1. The van der Waals surface area contributed by atoms with Crippen molar-refractivity contribution < 1.29 is 44.2 Å². The Morgan fingerprint density at radius 3 is 2.52 bits per heavy atom. The molecule has 122 valence electrons. The van der Waals surface area contributed by atoms with Crippen LogP contribution < -0.4 is 5.32 Å². The fourth-order valence-corrected chi connectivity index (χ4v) is 2.11. The van der Waals surface area contributed by atoms with Gasteiger partial charge >= 0.3 is 5.97 Å². The van der Waals surface area contributed by atoms with Crippen LogP contribution in [0.1, 0.15) is 13.3 Å². The lowest BCUT2D eigenvalue weighted by Crippen LogP contribution is -2.66. The van der Waals surface area contributed by atoms with Gasteiger partial charge in [-0.3, -0.25) is 4.79 Å². The smallest absolute Gasteiger partial charge is 0.364 e. The highest BCUT2D eigenvalue weighted by Gasteiger charge is 2.54. The zero-order valence-corrected chi connectivity index (χ0v) is 11.1. The van der Waals surface area contributed by atoms with Crippen LogP contribution in [0.15, 0.2) is 0 Å². The van der Waals surface area contributed by atoms with Gasteiger partial charge in [-0.25, -0.2) is 9.18 Å². The van der Waals surface area contributed by atoms with Crippen LogP contribution in [0.2, 0.25) is 0 Å². The van der Waals surface area contributed by atoms with Crippen molar-refractivity contribution in [1.82, 2.24) is 5.32 Å². The number of carboxylic acid groups (broad SMARTS) is 1. The molecule has 0 aliphatic carbocycles. The van der Waals surface area contributed by atoms with Crippen molar-refractivity contribution in [3.8, 4) is 0 Å². The molecule has 6 N–H and O–H groups in total. The monoisotopic (exact) mass is 311 g/mol. The predicted molar refractivity (Wildman–Crippen MR) is 63.7 cm³/mol. The van der Waals surface area contributed by atoms with E-state index < -0.39 is 61.2 Å². The summed E-state index contributed by atoms with van der Waals surface area (Å²) in [7, 11) is 0. The number of halogens is 1. The molecule has 1 rings (SSSR count). The van der Waals surface area contributed by atoms with Gasteiger partial charge in [0.25, 0.3) is 5.79 Å². The number of aliphatic carboxylic acids is 1. The van der Waals surface area contributed by atoms with E-state index in [2.05, 4.69) is 5.32 Å². The van der Waals surface area contributed by atoms with Crippen LogP contribution in [0.4, 0.5) is 4.39 Å². The van der Waals surface area contributed by atoms with Gasteiger partial charge < -0.3 is 35.6 Å². The van der Waals surface area contributed by atoms with E-state index in [-0.39, 0.29) is 0 Å². The maximum Gasteiger partial charge on any atom is 0.364 e. The minimum Gasteiger partial charge on any atom is -0.477 e. The van der Waals surface area contributed by atoms with Gasteiger partial charge in [0, 0.05) is 13.3 Å². The molecule has 1 aliphatic heterocycles. The van der Waals surface area contributed by atoms with Crippen LogP contribution in [0.3, 0.4) is 0 Å². The van der Waals surface area contributed by atoms with E-state index in [1.54, 1.807) is 0 Å². The van der Waals surface area contributed by atoms with Crippen molar-refractivity contribution in [2.45, 2.75) is 49.7 Å². The average Bonchev–Trinajstić information content (AvgIpc) is 2.39. The number of carbonyl (C=O) groups is 2. The first-order chi connectivity index (χ1) is 9.62. The maximum atomic E-state index is 14.1. The minimum absolute atomic E-state index is 0.654. The fraction of sp³-hybridized carbons (Fsp3) is 0.818. The van der Waals surface area contributed by atoms with Gasteiger partial charge in [-0.05, 0) is 0 Å². The average molecular weight is 311 g/mol. The van der Waals surface area contributed by atoms with Crippen LogP contribution in [0.5, 0.6) is 0 Å². The van der Waals surface area contributed by atoms with Crippen molar-refractivity contribution in [2.24, 2.45) is 0 Å². The van der Waals surface area contributed by atoms with Gasteiger partial charge in [0.15, 0.2) is 6.17 Å². The largest absolute Gasteiger partial charge is 0.477 e. The summed E-state index contributed by atoms with van der Waals surface area (Å²) in [5, 5.41) is 48.7. The van der Waals surface area contributed by atoms with Gasteiger partial charge in [-0.2, -0.15) is 0 Å². The third-order valence-electron chi connectivity index (χ3n) is 3.16. The Morgan fingerprint density at radius 1 is 1.52 bits per heavy atom. The van der Waals surface area contributed by atoms with E-state index >= 15 is 0 Å². The zero-order chi connectivity index (χ0) is 16.4. The summed E-state index contributed by atoms with van der Waals surface area (Å²) in [5.74, 6) is -5.36. The molecular formula is C11H18FNO8. The molecule has 6 atom stereocenters. The number of ether oxygens (including phenoxy) is 1. The summed E-state index contributed by atoms with van der Waals surface area (Å²) in [6.07, 6.45) is -8.56. The second-order valence-electron chi connectivity index (χ2n) is 4.86. The Morgan fingerprint density at radius 2 is 2.10 bits per heavy atom. The van der Waals surface area contributed by atoms with Crippen molar-refractivity contribution >= 4 is 11.9 Å². The summed E-state index contributed by atoms with van der Waals surface area (Å²) in [6, 6.07) is -1.39. The summed E-state index contributed by atoms with van der Waals surface area (Å²) in [5.41, 5.74) is 0. The molecule has 0 bridgehead atoms. The van der Waals surface area contributed by atoms with E-state index in [4.69, 9.17) is 14.9 Å². The molecule has 0 aromatic carbocycles. The Labute approximate surface area is 119 Å². The van der Waals surface area contributed by atoms with Gasteiger partial charge in [0.2, 0.25) is 5.91 Å². The second kappa shape index (κ2) is 6.62. The third-order valence-corrected chi connectivity index (χ3v) is 3.16. The van der Waals surface area contributed by atoms with E-state index in [1.165, 1.54) is 0 Å². The predicted octanol–water partition coefficient (Wildman–Crippen LogP) is -2.89. The molecule has 1 amide bonds. The quantitative estimate of drug-likeness (QED) is 0.316. The number of alkyl halides is 1. The number of aliphatic hydroxyl groups is 4. The van der Waals surface area contributed by atoms with Crippen LogP contribution >= 0.6 is 0 Å². The summed E-state index contributed by atoms with van der Waals surface area (Å²) in [6.45, 7) is 0.0902. The van der Waals surface area contributed by atoms with Crippen molar-refractivity contribution in [1.29, 1.82) is 0 Å². The molecule has 9 nitrogen and oxygen atoms in total. The van der Waals surface area contributed by atoms with E-state index in [0.29, 0.717) is 0 Å². The Kier molecular flexibility index (Phi) is 5.59. The van der Waals surface area contributed by atoms with Crippen LogP contribution in [0.25, 0.3) is 0 Å². The topological polar surface area (TPSA) is 157 Å². The first-order valence-electron chi connectivity index (χ1n) is 6.14. The number of amides is 1. The molecule has 1 saturated heterocycles. The lowest BCUT2D eigenvalue weighted by atomic mass is 9.89. The van der Waals surface area contributed by atoms with Crippen molar-refractivity contribution in [2.75, 3.05) is 6.61 Å². The van der Waals surface area contributed by atoms with Crippen LogP contribution in [-0.2, 0) is 14.3 Å². The molecular weight excluding hydrogens is 293 g/mol. The molecule has 21 heavy (non-hydrogen) atoms. The second-order valence-corrected chi connectivity index (χ2v) is 4.86. The van der Waals surface area contributed by atoms with Crippen LogP contribution in [-0.4, -0.2) is 80.3 Å². The Bertz CT molecular complexity index is 408. The zero-order valence-electron chi connectivity index (χ0n) is 11.1. The Balaban J connectivity index is 3.07. The van der Waals surface area contributed by atoms with Crippen molar-refractivity contribution in [3.63, 3.8) is 0 Å². The first-order valence-corrected chi connectivity index (χ1v) is 6.14. The minimum atomic E-state index is -2.86. The third kappa shape index (κ3) is 3.86. The van der Waals surface area contributed by atoms with Gasteiger partial charge in [0.05, 0.1) is 18.8 Å². The molecule has 10 heteroatoms. The van der Waals surface area contributed by atoms with Crippen molar-refractivity contribution in [3.05, 3.63) is 0 Å². The number of carboxylic acids is 1. The first kappa shape index (κ1) is 17.7. The Hall–Kier alpha value is -1.33. The number of hydrogen-bond acceptors (Lipinski definition) is 7. The van der Waals surface area contributed by atoms with Gasteiger partial charge in [-0.1, -0.05) is 0 Å². The SMILES string of the molecule is CC(=O)N[C@H]1[C@H]([C@H](F)[C@@H](O)CO)O[C@@](O)(C(=O)O)C[C@H]1O. The maximum absolute atomic E-state index is 14.1. The molecule has 0 aromatic rings. The molecule has 1 fully saturated rings. The lowest BCUT2D eigenvalue weighted by Gasteiger charge is -2.43. The number of aliphatic hydroxyl groups excluding tert-OH is 3. The normalized spacial score (nSPS) is 35.8. The van der Waals surface area contributed by atoms with Gasteiger partial charge in [-0.15, -0.1) is 0 Å². The van der Waals surface area contributed by atoms with Gasteiger partial charge in [0.1, 0.15) is 12.2 Å². The number of hydrogen-bond donors (Lipinski definition) is 6. The molecule has 0 radical (unpaired) electrons. The van der Waals surface area contributed by atoms with Crippen LogP contribution in [0, 0.1) is 0 Å². The molecule has 0 aromatic heterocycles. The number of nitrogens with one attached hydrogen (secondary N) is 1. The summed E-state index contributed by atoms with van der Waals surface area (Å²) in [4.78, 5) is 22.0. The number of carbonyl (C=O) groups excluding carboxylic acids is 1. The highest BCUT2D eigenvalue weighted by molar-refractivity contribution is 5.76. The highest BCUT2D eigenvalue weighted by Crippen LogP contribution is 2.31. The lowest BCUT2D eigenvalue weighted by molar-refractivity contribution is -0.289. The van der Waals surface area contributed by atoms with E-state index in [9.17, 15) is 29.3 Å². The van der Waals surface area contributed by atoms with E-state index in [1.807, 2.05) is 0 Å². The molecule has 1 heterocycles. The molecule has 0 saturated carbocycles.